The van der Waals surface area contributed by atoms with Gasteiger partial charge in [0.25, 0.3) is 0 Å². The normalized spacial score (nSPS) is 14.7. The maximum atomic E-state index is 5.67. The van der Waals surface area contributed by atoms with Gasteiger partial charge in [-0.15, -0.1) is 0 Å². The van der Waals surface area contributed by atoms with E-state index in [0.717, 1.165) is 44.9 Å². The highest BCUT2D eigenvalue weighted by Crippen LogP contribution is 2.25. The second kappa shape index (κ2) is 6.25. The van der Waals surface area contributed by atoms with Crippen LogP contribution in [-0.4, -0.2) is 11.4 Å². The molecule has 0 unspecified atom stereocenters. The van der Waals surface area contributed by atoms with E-state index in [1.165, 1.54) is 16.7 Å². The number of nitrogens with one attached hydrogen (secondary N) is 1. The quantitative estimate of drug-likeness (QED) is 0.816. The first-order valence-electron chi connectivity index (χ1n) is 7.42. The van der Waals surface area contributed by atoms with Crippen molar-refractivity contribution >= 4 is 0 Å². The van der Waals surface area contributed by atoms with Crippen LogP contribution in [0.1, 0.15) is 35.8 Å². The minimum Gasteiger partial charge on any atom is -0.468 e. The first-order valence-corrected chi connectivity index (χ1v) is 7.42. The van der Waals surface area contributed by atoms with Gasteiger partial charge in [0.15, 0.2) is 0 Å². The lowest BCUT2D eigenvalue weighted by Crippen LogP contribution is -2.18. The summed E-state index contributed by atoms with van der Waals surface area (Å²) >= 11 is 0. The number of benzene rings is 1. The van der Waals surface area contributed by atoms with Crippen LogP contribution in [0.2, 0.25) is 0 Å². The maximum Gasteiger partial charge on any atom is 0.122 e. The summed E-state index contributed by atoms with van der Waals surface area (Å²) in [5.74, 6) is 1.10. The number of furan rings is 1. The van der Waals surface area contributed by atoms with Crippen molar-refractivity contribution in [2.45, 2.75) is 39.5 Å². The monoisotopic (exact) mass is 270 g/mol. The molecule has 1 aromatic carbocycles. The zero-order valence-electron chi connectivity index (χ0n) is 12.1. The van der Waals surface area contributed by atoms with Gasteiger partial charge in [-0.25, -0.2) is 0 Å². The predicted molar refractivity (Wildman–Crippen MR) is 80.1 cm³/mol. The molecule has 106 valence electrons. The Morgan fingerprint density at radius 3 is 2.60 bits per heavy atom. The molecule has 0 bridgehead atoms. The Bertz CT molecular complexity index is 537. The molecule has 3 heteroatoms. The van der Waals surface area contributed by atoms with E-state index in [1.807, 2.05) is 6.26 Å². The summed E-state index contributed by atoms with van der Waals surface area (Å²) in [4.78, 5) is 2.44. The molecule has 1 N–H and O–H groups in total. The van der Waals surface area contributed by atoms with Crippen molar-refractivity contribution in [3.8, 4) is 0 Å². The van der Waals surface area contributed by atoms with E-state index < -0.39 is 0 Å². The van der Waals surface area contributed by atoms with Crippen LogP contribution >= 0.6 is 0 Å². The zero-order valence-corrected chi connectivity index (χ0v) is 12.1. The van der Waals surface area contributed by atoms with Crippen LogP contribution in [0.5, 0.6) is 0 Å². The Kier molecular flexibility index (Phi) is 4.19. The summed E-state index contributed by atoms with van der Waals surface area (Å²) < 4.78 is 5.67. The maximum absolute atomic E-state index is 5.67. The van der Waals surface area contributed by atoms with Crippen molar-refractivity contribution in [2.75, 3.05) is 6.54 Å². The van der Waals surface area contributed by atoms with Crippen molar-refractivity contribution in [1.29, 1.82) is 0 Å². The molecule has 2 heterocycles. The fraction of sp³-hybridized carbons (Fsp3) is 0.412. The molecule has 0 amide bonds. The number of nitrogens with zero attached hydrogens (tertiary/aromatic N) is 1. The van der Waals surface area contributed by atoms with Crippen LogP contribution < -0.4 is 5.32 Å². The summed E-state index contributed by atoms with van der Waals surface area (Å²) in [6.45, 7) is 7.09. The summed E-state index contributed by atoms with van der Waals surface area (Å²) in [7, 11) is 0. The molecule has 1 aliphatic rings. The number of hydrogen-bond donors (Lipinski definition) is 1. The SMILES string of the molecule is CCCNCc1ccoc1CN1Cc2ccccc2C1. The van der Waals surface area contributed by atoms with Gasteiger partial charge < -0.3 is 9.73 Å². The molecule has 0 saturated heterocycles. The fourth-order valence-corrected chi connectivity index (χ4v) is 2.78. The van der Waals surface area contributed by atoms with Gasteiger partial charge in [-0.3, -0.25) is 4.90 Å². The second-order valence-electron chi connectivity index (χ2n) is 5.46. The van der Waals surface area contributed by atoms with Crippen molar-refractivity contribution < 1.29 is 4.42 Å². The Morgan fingerprint density at radius 1 is 1.15 bits per heavy atom. The summed E-state index contributed by atoms with van der Waals surface area (Å²) in [6, 6.07) is 10.8. The third kappa shape index (κ3) is 2.94. The van der Waals surface area contributed by atoms with Crippen LogP contribution in [-0.2, 0) is 26.2 Å². The van der Waals surface area contributed by atoms with Crippen LogP contribution in [0.25, 0.3) is 0 Å². The molecule has 1 aromatic heterocycles. The Hall–Kier alpha value is -1.58. The summed E-state index contributed by atoms with van der Waals surface area (Å²) in [5, 5.41) is 3.44. The third-order valence-corrected chi connectivity index (χ3v) is 3.85. The van der Waals surface area contributed by atoms with Crippen molar-refractivity contribution in [2.24, 2.45) is 0 Å². The van der Waals surface area contributed by atoms with Crippen LogP contribution in [0, 0.1) is 0 Å². The van der Waals surface area contributed by atoms with Gasteiger partial charge in [0, 0.05) is 25.2 Å². The van der Waals surface area contributed by atoms with Crippen molar-refractivity contribution in [3.63, 3.8) is 0 Å². The van der Waals surface area contributed by atoms with Gasteiger partial charge in [0.2, 0.25) is 0 Å². The number of rotatable bonds is 6. The van der Waals surface area contributed by atoms with E-state index in [2.05, 4.69) is 47.5 Å². The van der Waals surface area contributed by atoms with E-state index in [4.69, 9.17) is 4.42 Å². The molecule has 1 aliphatic heterocycles. The molecular formula is C17H22N2O. The van der Waals surface area contributed by atoms with Crippen molar-refractivity contribution in [3.05, 3.63) is 59.0 Å². The molecule has 0 spiro atoms. The van der Waals surface area contributed by atoms with Crippen LogP contribution in [0.15, 0.2) is 41.0 Å². The summed E-state index contributed by atoms with van der Waals surface area (Å²) in [5.41, 5.74) is 4.18. The van der Waals surface area contributed by atoms with E-state index in [9.17, 15) is 0 Å². The lowest BCUT2D eigenvalue weighted by atomic mass is 10.1. The highest BCUT2D eigenvalue weighted by Gasteiger charge is 2.20. The summed E-state index contributed by atoms with van der Waals surface area (Å²) in [6.07, 6.45) is 2.97. The highest BCUT2D eigenvalue weighted by molar-refractivity contribution is 5.30. The molecule has 3 rings (SSSR count). The molecule has 0 fully saturated rings. The van der Waals surface area contributed by atoms with E-state index in [1.54, 1.807) is 0 Å². The first kappa shape index (κ1) is 13.4. The Morgan fingerprint density at radius 2 is 1.90 bits per heavy atom. The average molecular weight is 270 g/mol. The van der Waals surface area contributed by atoms with Crippen LogP contribution in [0.3, 0.4) is 0 Å². The lowest BCUT2D eigenvalue weighted by Gasteiger charge is -2.14. The van der Waals surface area contributed by atoms with Gasteiger partial charge in [-0.2, -0.15) is 0 Å². The third-order valence-electron chi connectivity index (χ3n) is 3.85. The first-order chi connectivity index (χ1) is 9.86. The zero-order chi connectivity index (χ0) is 13.8. The average Bonchev–Trinajstić information content (AvgIpc) is 3.06. The van der Waals surface area contributed by atoms with Crippen LogP contribution in [0.4, 0.5) is 0 Å². The largest absolute Gasteiger partial charge is 0.468 e. The highest BCUT2D eigenvalue weighted by atomic mass is 16.3. The molecule has 0 radical (unpaired) electrons. The predicted octanol–water partition coefficient (Wildman–Crippen LogP) is 3.30. The molecule has 0 saturated carbocycles. The van der Waals surface area contributed by atoms with Gasteiger partial charge >= 0.3 is 0 Å². The smallest absolute Gasteiger partial charge is 0.122 e. The molecule has 0 aliphatic carbocycles. The van der Waals surface area contributed by atoms with Gasteiger partial charge in [0.1, 0.15) is 5.76 Å². The lowest BCUT2D eigenvalue weighted by molar-refractivity contribution is 0.249. The fourth-order valence-electron chi connectivity index (χ4n) is 2.78. The Labute approximate surface area is 120 Å². The number of fused-ring (bicyclic) bond motifs is 1. The van der Waals surface area contributed by atoms with Gasteiger partial charge in [0.05, 0.1) is 12.8 Å². The topological polar surface area (TPSA) is 28.4 Å². The number of hydrogen-bond acceptors (Lipinski definition) is 3. The minimum absolute atomic E-state index is 0.894. The molecule has 3 nitrogen and oxygen atoms in total. The van der Waals surface area contributed by atoms with E-state index in [0.29, 0.717) is 0 Å². The van der Waals surface area contributed by atoms with E-state index in [-0.39, 0.29) is 0 Å². The van der Waals surface area contributed by atoms with Gasteiger partial charge in [-0.1, -0.05) is 31.2 Å². The van der Waals surface area contributed by atoms with Crippen molar-refractivity contribution in [1.82, 2.24) is 10.2 Å². The minimum atomic E-state index is 0.894. The second-order valence-corrected chi connectivity index (χ2v) is 5.46. The van der Waals surface area contributed by atoms with Gasteiger partial charge in [-0.05, 0) is 30.2 Å². The Balaban J connectivity index is 1.61. The molecular weight excluding hydrogens is 248 g/mol. The molecule has 0 atom stereocenters. The van der Waals surface area contributed by atoms with E-state index >= 15 is 0 Å². The molecule has 2 aromatic rings. The standard InChI is InChI=1S/C17H22N2O/c1-2-8-18-10-14-7-9-20-17(14)13-19-11-15-5-3-4-6-16(15)12-19/h3-7,9,18H,2,8,10-13H2,1H3. The molecule has 20 heavy (non-hydrogen) atoms.